The van der Waals surface area contributed by atoms with Gasteiger partial charge in [0, 0.05) is 22.2 Å². The number of hydrazone groups is 1. The van der Waals surface area contributed by atoms with Crippen molar-refractivity contribution in [2.24, 2.45) is 5.10 Å². The molecule has 3 rings (SSSR count). The number of nitrogens with one attached hydrogen (secondary N) is 1. The molecule has 0 aromatic heterocycles. The molecule has 0 unspecified atom stereocenters. The number of benzene rings is 2. The minimum absolute atomic E-state index is 0.0294. The molecule has 0 bridgehead atoms. The average molecular weight is 347 g/mol. The predicted molar refractivity (Wildman–Crippen MR) is 94.8 cm³/mol. The lowest BCUT2D eigenvalue weighted by atomic mass is 10.2. The highest BCUT2D eigenvalue weighted by molar-refractivity contribution is 6.31. The van der Waals surface area contributed by atoms with Crippen molar-refractivity contribution in [2.75, 3.05) is 26.2 Å². The largest absolute Gasteiger partial charge is 0.508 e. The fourth-order valence-corrected chi connectivity index (χ4v) is 3.00. The van der Waals surface area contributed by atoms with Gasteiger partial charge >= 0.3 is 0 Å². The van der Waals surface area contributed by atoms with Gasteiger partial charge in [0.15, 0.2) is 0 Å². The molecule has 2 aromatic carbocycles. The van der Waals surface area contributed by atoms with Crippen molar-refractivity contribution in [1.82, 2.24) is 5.01 Å². The van der Waals surface area contributed by atoms with E-state index >= 15 is 0 Å². The molecule has 6 heteroatoms. The quantitative estimate of drug-likeness (QED) is 0.735. The molecular weight excluding hydrogens is 326 g/mol. The van der Waals surface area contributed by atoms with Crippen molar-refractivity contribution in [3.63, 3.8) is 0 Å². The molecule has 1 aliphatic heterocycles. The van der Waals surface area contributed by atoms with E-state index in [1.807, 2.05) is 23.2 Å². The number of hydrogen-bond donors (Lipinski definition) is 3. The summed E-state index contributed by atoms with van der Waals surface area (Å²) in [5, 5.41) is 26.3. The number of aromatic hydroxyl groups is 2. The first-order valence-electron chi connectivity index (χ1n) is 8.00. The molecule has 0 spiro atoms. The summed E-state index contributed by atoms with van der Waals surface area (Å²) in [5.41, 5.74) is 1.78. The molecule has 0 amide bonds. The zero-order valence-corrected chi connectivity index (χ0v) is 14.1. The normalized spacial score (nSPS) is 16.0. The van der Waals surface area contributed by atoms with Crippen LogP contribution in [0.4, 0.5) is 0 Å². The van der Waals surface area contributed by atoms with Crippen molar-refractivity contribution < 1.29 is 15.1 Å². The van der Waals surface area contributed by atoms with Crippen LogP contribution in [0.2, 0.25) is 5.02 Å². The first kappa shape index (κ1) is 16.6. The molecule has 1 aliphatic rings. The number of phenolic OH excluding ortho intramolecular Hbond substituents is 2. The Morgan fingerprint density at radius 3 is 2.58 bits per heavy atom. The molecule has 24 heavy (non-hydrogen) atoms. The summed E-state index contributed by atoms with van der Waals surface area (Å²) in [7, 11) is 0. The van der Waals surface area contributed by atoms with Crippen LogP contribution in [0.25, 0.3) is 0 Å². The molecular formula is C18H21ClN3O2+. The summed E-state index contributed by atoms with van der Waals surface area (Å²) < 4.78 is 0. The minimum atomic E-state index is 0.0294. The Kier molecular flexibility index (Phi) is 5.23. The Morgan fingerprint density at radius 1 is 1.12 bits per heavy atom. The molecule has 0 atom stereocenters. The molecule has 1 fully saturated rings. The third-order valence-electron chi connectivity index (χ3n) is 4.22. The smallest absolute Gasteiger partial charge is 0.128 e. The second kappa shape index (κ2) is 7.55. The number of halogens is 1. The molecule has 1 heterocycles. The van der Waals surface area contributed by atoms with Gasteiger partial charge in [0.05, 0.1) is 32.4 Å². The van der Waals surface area contributed by atoms with E-state index in [0.29, 0.717) is 5.56 Å². The Labute approximate surface area is 146 Å². The van der Waals surface area contributed by atoms with E-state index in [0.717, 1.165) is 37.7 Å². The number of piperazine rings is 1. The maximum Gasteiger partial charge on any atom is 0.128 e. The number of rotatable bonds is 4. The van der Waals surface area contributed by atoms with Crippen LogP contribution >= 0.6 is 11.6 Å². The van der Waals surface area contributed by atoms with Gasteiger partial charge in [-0.3, -0.25) is 5.01 Å². The van der Waals surface area contributed by atoms with Crippen molar-refractivity contribution in [1.29, 1.82) is 0 Å². The lowest BCUT2D eigenvalue weighted by molar-refractivity contribution is -0.918. The van der Waals surface area contributed by atoms with Gasteiger partial charge in [0.2, 0.25) is 0 Å². The Morgan fingerprint density at radius 2 is 1.88 bits per heavy atom. The summed E-state index contributed by atoms with van der Waals surface area (Å²) in [5.74, 6) is 0.0724. The van der Waals surface area contributed by atoms with E-state index in [2.05, 4.69) is 11.2 Å². The van der Waals surface area contributed by atoms with Gasteiger partial charge in [-0.15, -0.1) is 0 Å². The maximum absolute atomic E-state index is 9.77. The molecule has 5 nitrogen and oxygen atoms in total. The zero-order chi connectivity index (χ0) is 16.9. The molecule has 3 N–H and O–H groups in total. The SMILES string of the molecule is Oc1ccc(C=NN2CC[NH+](Cc3ccccc3Cl)CC2)c(O)c1. The lowest BCUT2D eigenvalue weighted by Gasteiger charge is -2.30. The van der Waals surface area contributed by atoms with Crippen LogP contribution < -0.4 is 4.90 Å². The van der Waals surface area contributed by atoms with Gasteiger partial charge in [-0.05, 0) is 18.2 Å². The van der Waals surface area contributed by atoms with Crippen molar-refractivity contribution in [3.8, 4) is 11.5 Å². The van der Waals surface area contributed by atoms with Crippen molar-refractivity contribution >= 4 is 17.8 Å². The van der Waals surface area contributed by atoms with E-state index < -0.39 is 0 Å². The van der Waals surface area contributed by atoms with Gasteiger partial charge in [0.25, 0.3) is 0 Å². The van der Waals surface area contributed by atoms with Gasteiger partial charge in [-0.2, -0.15) is 5.10 Å². The van der Waals surface area contributed by atoms with E-state index in [4.69, 9.17) is 11.6 Å². The predicted octanol–water partition coefficient (Wildman–Crippen LogP) is 1.49. The molecule has 1 saturated heterocycles. The third-order valence-corrected chi connectivity index (χ3v) is 4.59. The van der Waals surface area contributed by atoms with Gasteiger partial charge < -0.3 is 15.1 Å². The highest BCUT2D eigenvalue weighted by atomic mass is 35.5. The highest BCUT2D eigenvalue weighted by Gasteiger charge is 2.19. The summed E-state index contributed by atoms with van der Waals surface area (Å²) in [6, 6.07) is 12.5. The molecule has 0 radical (unpaired) electrons. The second-order valence-electron chi connectivity index (χ2n) is 5.96. The third kappa shape index (κ3) is 4.19. The van der Waals surface area contributed by atoms with Gasteiger partial charge in [0.1, 0.15) is 18.0 Å². The highest BCUT2D eigenvalue weighted by Crippen LogP contribution is 2.21. The standard InChI is InChI=1S/C18H20ClN3O2/c19-17-4-2-1-3-15(17)13-21-7-9-22(10-8-21)20-12-14-5-6-16(23)11-18(14)24/h1-6,11-12,23-24H,7-10,13H2/p+1. The Hall–Kier alpha value is -2.24. The lowest BCUT2D eigenvalue weighted by Crippen LogP contribution is -3.13. The minimum Gasteiger partial charge on any atom is -0.508 e. The first-order valence-corrected chi connectivity index (χ1v) is 8.37. The Balaban J connectivity index is 1.53. The fraction of sp³-hybridized carbons (Fsp3) is 0.278. The van der Waals surface area contributed by atoms with Crippen LogP contribution in [0.5, 0.6) is 11.5 Å². The monoisotopic (exact) mass is 346 g/mol. The summed E-state index contributed by atoms with van der Waals surface area (Å²) in [6.45, 7) is 4.62. The van der Waals surface area contributed by atoms with E-state index in [1.165, 1.54) is 22.6 Å². The number of phenols is 2. The molecule has 0 saturated carbocycles. The number of quaternary nitrogens is 1. The average Bonchev–Trinajstić information content (AvgIpc) is 2.57. The maximum atomic E-state index is 9.77. The van der Waals surface area contributed by atoms with Crippen LogP contribution in [-0.4, -0.2) is 47.6 Å². The van der Waals surface area contributed by atoms with Crippen LogP contribution in [0, 0.1) is 0 Å². The van der Waals surface area contributed by atoms with Gasteiger partial charge in [-0.25, -0.2) is 0 Å². The van der Waals surface area contributed by atoms with Gasteiger partial charge in [-0.1, -0.05) is 29.8 Å². The number of hydrogen-bond acceptors (Lipinski definition) is 4. The topological polar surface area (TPSA) is 60.5 Å². The van der Waals surface area contributed by atoms with E-state index in [1.54, 1.807) is 12.3 Å². The van der Waals surface area contributed by atoms with Crippen LogP contribution in [-0.2, 0) is 6.54 Å². The molecule has 0 aliphatic carbocycles. The first-order chi connectivity index (χ1) is 11.6. The summed E-state index contributed by atoms with van der Waals surface area (Å²) in [4.78, 5) is 1.49. The second-order valence-corrected chi connectivity index (χ2v) is 6.37. The van der Waals surface area contributed by atoms with Crippen LogP contribution in [0.3, 0.4) is 0 Å². The summed E-state index contributed by atoms with van der Waals surface area (Å²) in [6.07, 6.45) is 1.63. The van der Waals surface area contributed by atoms with E-state index in [-0.39, 0.29) is 11.5 Å². The van der Waals surface area contributed by atoms with Crippen molar-refractivity contribution in [2.45, 2.75) is 6.54 Å². The van der Waals surface area contributed by atoms with Crippen LogP contribution in [0.15, 0.2) is 47.6 Å². The molecule has 2 aromatic rings. The fourth-order valence-electron chi connectivity index (χ4n) is 2.80. The zero-order valence-electron chi connectivity index (χ0n) is 13.3. The Bertz CT molecular complexity index is 728. The van der Waals surface area contributed by atoms with Crippen LogP contribution in [0.1, 0.15) is 11.1 Å². The van der Waals surface area contributed by atoms with Crippen molar-refractivity contribution in [3.05, 3.63) is 58.6 Å². The number of nitrogens with zero attached hydrogens (tertiary/aromatic N) is 2. The summed E-state index contributed by atoms with van der Waals surface area (Å²) >= 11 is 6.23. The molecule has 126 valence electrons. The van der Waals surface area contributed by atoms with E-state index in [9.17, 15) is 10.2 Å².